The number of para-hydroxylation sites is 1. The molecule has 12 nitrogen and oxygen atoms in total. The molecule has 1 unspecified atom stereocenters. The molecule has 2 amide bonds. The van der Waals surface area contributed by atoms with Crippen LogP contribution in [0.2, 0.25) is 0 Å². The van der Waals surface area contributed by atoms with Crippen molar-refractivity contribution in [3.05, 3.63) is 60.5 Å². The number of Topliss-reactive ketones (excluding diaryl/α,β-unsaturated/α-hetero) is 1. The number of carbonyl (C=O) groups excluding carboxylic acids is 3. The lowest BCUT2D eigenvalue weighted by atomic mass is 10.1. The second-order valence-corrected chi connectivity index (χ2v) is 13.4. The van der Waals surface area contributed by atoms with Crippen molar-refractivity contribution >= 4 is 48.4 Å². The number of sulfonamides is 1. The molecule has 14 heteroatoms. The molecule has 2 N–H and O–H groups in total. The number of furan rings is 1. The maximum atomic E-state index is 13.2. The van der Waals surface area contributed by atoms with Gasteiger partial charge in [0.1, 0.15) is 21.5 Å². The highest BCUT2D eigenvalue weighted by molar-refractivity contribution is 7.90. The summed E-state index contributed by atoms with van der Waals surface area (Å²) in [6.07, 6.45) is 2.55. The first-order valence-electron chi connectivity index (χ1n) is 12.2. The molecule has 1 aliphatic rings. The lowest BCUT2D eigenvalue weighted by Gasteiger charge is -2.22. The van der Waals surface area contributed by atoms with E-state index in [0.717, 1.165) is 10.6 Å². The van der Waals surface area contributed by atoms with Gasteiger partial charge in [0, 0.05) is 24.4 Å². The fraction of sp³-hybridized carbons (Fsp3) is 0.360. The highest BCUT2D eigenvalue weighted by Gasteiger charge is 2.35. The van der Waals surface area contributed by atoms with Crippen LogP contribution in [0.25, 0.3) is 11.0 Å². The number of ketones is 1. The van der Waals surface area contributed by atoms with Gasteiger partial charge in [-0.05, 0) is 43.5 Å². The Labute approximate surface area is 225 Å². The number of amides is 2. The second kappa shape index (κ2) is 11.6. The van der Waals surface area contributed by atoms with Gasteiger partial charge in [0.2, 0.25) is 5.91 Å². The van der Waals surface area contributed by atoms with Gasteiger partial charge in [0.15, 0.2) is 16.6 Å². The number of carbonyl (C=O) groups is 3. The van der Waals surface area contributed by atoms with Crippen molar-refractivity contribution < 1.29 is 35.6 Å². The first-order chi connectivity index (χ1) is 18.4. The molecule has 0 spiro atoms. The summed E-state index contributed by atoms with van der Waals surface area (Å²) in [5, 5.41) is 5.57. The molecule has 2 atom stereocenters. The van der Waals surface area contributed by atoms with Crippen molar-refractivity contribution in [2.24, 2.45) is 0 Å². The van der Waals surface area contributed by atoms with Crippen LogP contribution in [0.3, 0.4) is 0 Å². The summed E-state index contributed by atoms with van der Waals surface area (Å²) in [5.41, 5.74) is 0.467. The van der Waals surface area contributed by atoms with Crippen LogP contribution in [0, 0.1) is 0 Å². The number of rotatable bonds is 9. The fourth-order valence-electron chi connectivity index (χ4n) is 4.18. The molecule has 4 rings (SSSR count). The minimum absolute atomic E-state index is 0.0529. The molecule has 1 aromatic carbocycles. The lowest BCUT2D eigenvalue weighted by Crippen LogP contribution is -2.52. The summed E-state index contributed by atoms with van der Waals surface area (Å²) in [5.74, 6) is -2.47. The predicted molar refractivity (Wildman–Crippen MR) is 141 cm³/mol. The average Bonchev–Trinajstić information content (AvgIpc) is 3.25. The zero-order valence-corrected chi connectivity index (χ0v) is 22.7. The zero-order valence-electron chi connectivity index (χ0n) is 21.1. The van der Waals surface area contributed by atoms with Gasteiger partial charge >= 0.3 is 0 Å². The van der Waals surface area contributed by atoms with Crippen molar-refractivity contribution in [3.63, 3.8) is 0 Å². The van der Waals surface area contributed by atoms with Crippen molar-refractivity contribution in [2.45, 2.75) is 36.4 Å². The number of nitrogens with zero attached hydrogens (tertiary/aromatic N) is 2. The third kappa shape index (κ3) is 7.07. The number of hydrogen-bond acceptors (Lipinski definition) is 9. The Kier molecular flexibility index (Phi) is 8.47. The van der Waals surface area contributed by atoms with Crippen LogP contribution in [0.15, 0.2) is 64.2 Å². The van der Waals surface area contributed by atoms with Crippen LogP contribution in [-0.2, 0) is 29.4 Å². The van der Waals surface area contributed by atoms with Gasteiger partial charge < -0.3 is 15.1 Å². The van der Waals surface area contributed by atoms with Crippen molar-refractivity contribution in [2.75, 3.05) is 25.1 Å². The number of aromatic nitrogens is 1. The van der Waals surface area contributed by atoms with E-state index in [-0.39, 0.29) is 42.3 Å². The van der Waals surface area contributed by atoms with Gasteiger partial charge in [-0.2, -0.15) is 4.31 Å². The number of fused-ring (bicyclic) bond motifs is 1. The third-order valence-corrected chi connectivity index (χ3v) is 8.97. The monoisotopic (exact) mass is 576 g/mol. The van der Waals surface area contributed by atoms with E-state index in [4.69, 9.17) is 4.42 Å². The summed E-state index contributed by atoms with van der Waals surface area (Å²) >= 11 is 0. The molecule has 0 radical (unpaired) electrons. The molecule has 1 aliphatic heterocycles. The highest BCUT2D eigenvalue weighted by Crippen LogP contribution is 2.20. The van der Waals surface area contributed by atoms with Gasteiger partial charge in [0.05, 0.1) is 18.3 Å². The summed E-state index contributed by atoms with van der Waals surface area (Å²) in [7, 11) is -7.49. The number of hydrogen-bond donors (Lipinski definition) is 2. The molecule has 0 bridgehead atoms. The topological polar surface area (TPSA) is 173 Å². The third-order valence-electron chi connectivity index (χ3n) is 6.23. The van der Waals surface area contributed by atoms with Crippen LogP contribution >= 0.6 is 0 Å². The van der Waals surface area contributed by atoms with Crippen molar-refractivity contribution in [1.29, 1.82) is 0 Å². The first-order valence-corrected chi connectivity index (χ1v) is 15.7. The highest BCUT2D eigenvalue weighted by atomic mass is 32.2. The summed E-state index contributed by atoms with van der Waals surface area (Å²) in [4.78, 5) is 42.9. The summed E-state index contributed by atoms with van der Waals surface area (Å²) in [6, 6.07) is 10.6. The fourth-order valence-corrected chi connectivity index (χ4v) is 6.22. The van der Waals surface area contributed by atoms with Gasteiger partial charge in [-0.25, -0.2) is 21.8 Å². The minimum atomic E-state index is -4.01. The zero-order chi connectivity index (χ0) is 28.2. The van der Waals surface area contributed by atoms with E-state index in [1.165, 1.54) is 24.4 Å². The van der Waals surface area contributed by atoms with E-state index in [1.807, 2.05) is 0 Å². The van der Waals surface area contributed by atoms with E-state index >= 15 is 0 Å². The molecule has 3 heterocycles. The SMILES string of the molecule is CS(=O)(=O)CC[C@H](NC(=O)c1cc2ccccc2o1)C(=O)NC1CCCN(S(=O)(=O)c2ccccn2)CC1=O. The number of nitrogens with one attached hydrogen (secondary N) is 2. The lowest BCUT2D eigenvalue weighted by molar-refractivity contribution is -0.128. The predicted octanol–water partition coefficient (Wildman–Crippen LogP) is 0.899. The van der Waals surface area contributed by atoms with E-state index in [0.29, 0.717) is 11.0 Å². The standard InChI is InChI=1S/C25H28N4O8S2/c1-38(33,34)14-11-19(28-25(32)22-15-17-7-2-3-9-21(17)37-22)24(31)27-18-8-6-13-29(16-20(18)30)39(35,36)23-10-4-5-12-26-23/h2-5,7,9-10,12,15,18-19H,6,8,11,13-14,16H2,1H3,(H,27,31)(H,28,32)/t18?,19-/m0/s1. The van der Waals surface area contributed by atoms with Crippen LogP contribution in [0.5, 0.6) is 0 Å². The number of pyridine rings is 1. The minimum Gasteiger partial charge on any atom is -0.451 e. The molecule has 208 valence electrons. The normalized spacial score (nSPS) is 17.9. The molecule has 3 aromatic rings. The molecular weight excluding hydrogens is 548 g/mol. The maximum absolute atomic E-state index is 13.2. The van der Waals surface area contributed by atoms with Crippen molar-refractivity contribution in [3.8, 4) is 0 Å². The average molecular weight is 577 g/mol. The van der Waals surface area contributed by atoms with Gasteiger partial charge in [-0.3, -0.25) is 14.4 Å². The van der Waals surface area contributed by atoms with Gasteiger partial charge in [0.25, 0.3) is 15.9 Å². The Morgan fingerprint density at radius 2 is 1.87 bits per heavy atom. The van der Waals surface area contributed by atoms with E-state index in [1.54, 1.807) is 30.3 Å². The first kappa shape index (κ1) is 28.4. The maximum Gasteiger partial charge on any atom is 0.287 e. The van der Waals surface area contributed by atoms with Crippen LogP contribution < -0.4 is 10.6 Å². The Morgan fingerprint density at radius 1 is 1.13 bits per heavy atom. The molecule has 0 aliphatic carbocycles. The summed E-state index contributed by atoms with van der Waals surface area (Å²) < 4.78 is 56.0. The van der Waals surface area contributed by atoms with E-state index < -0.39 is 56.1 Å². The molecule has 1 saturated heterocycles. The number of benzene rings is 1. The largest absolute Gasteiger partial charge is 0.451 e. The van der Waals surface area contributed by atoms with Crippen LogP contribution in [-0.4, -0.2) is 80.9 Å². The van der Waals surface area contributed by atoms with E-state index in [9.17, 15) is 31.2 Å². The van der Waals surface area contributed by atoms with E-state index in [2.05, 4.69) is 15.6 Å². The van der Waals surface area contributed by atoms with Crippen LogP contribution in [0.1, 0.15) is 29.8 Å². The van der Waals surface area contributed by atoms with Crippen LogP contribution in [0.4, 0.5) is 0 Å². The van der Waals surface area contributed by atoms with Crippen molar-refractivity contribution in [1.82, 2.24) is 19.9 Å². The Hall–Kier alpha value is -3.62. The van der Waals surface area contributed by atoms with Gasteiger partial charge in [-0.15, -0.1) is 0 Å². The second-order valence-electron chi connectivity index (χ2n) is 9.27. The Balaban J connectivity index is 1.47. The molecule has 1 fully saturated rings. The number of sulfone groups is 1. The van der Waals surface area contributed by atoms with Gasteiger partial charge in [-0.1, -0.05) is 24.3 Å². The Bertz CT molecular complexity index is 1550. The quantitative estimate of drug-likeness (QED) is 0.375. The molecule has 2 aromatic heterocycles. The molecule has 39 heavy (non-hydrogen) atoms. The summed E-state index contributed by atoms with van der Waals surface area (Å²) in [6.45, 7) is -0.416. The molecular formula is C25H28N4O8S2. The Morgan fingerprint density at radius 3 is 2.56 bits per heavy atom. The molecule has 0 saturated carbocycles. The smallest absolute Gasteiger partial charge is 0.287 e.